The van der Waals surface area contributed by atoms with Crippen molar-refractivity contribution in [2.75, 3.05) is 5.75 Å². The molecule has 0 aromatic rings. The molecule has 0 saturated heterocycles. The Kier molecular flexibility index (Phi) is 6.43. The number of rotatable bonds is 7. The van der Waals surface area contributed by atoms with Gasteiger partial charge in [-0.05, 0) is 12.8 Å². The van der Waals surface area contributed by atoms with Crippen LogP contribution in [0.15, 0.2) is 0 Å². The summed E-state index contributed by atoms with van der Waals surface area (Å²) in [6, 6.07) is 0. The van der Waals surface area contributed by atoms with Crippen LogP contribution in [0.25, 0.3) is 0 Å². The lowest BCUT2D eigenvalue weighted by molar-refractivity contribution is -0.230. The zero-order chi connectivity index (χ0) is 13.7. The predicted octanol–water partition coefficient (Wildman–Crippen LogP) is 4.07. The summed E-state index contributed by atoms with van der Waals surface area (Å²) in [5.74, 6) is -8.87. The first-order valence-corrected chi connectivity index (χ1v) is 6.16. The highest BCUT2D eigenvalue weighted by molar-refractivity contribution is 8.13. The third-order valence-corrected chi connectivity index (χ3v) is 3.24. The smallest absolute Gasteiger partial charge is 0.287 e. The number of halogens is 5. The Hall–Kier alpha value is -0.330. The highest BCUT2D eigenvalue weighted by Crippen LogP contribution is 2.39. The number of thioether (sulfide) groups is 1. The molecule has 0 heterocycles. The van der Waals surface area contributed by atoms with Gasteiger partial charge in [-0.1, -0.05) is 18.7 Å². The van der Waals surface area contributed by atoms with Gasteiger partial charge in [0, 0.05) is 19.1 Å². The van der Waals surface area contributed by atoms with E-state index in [2.05, 4.69) is 0 Å². The Bertz CT molecular complexity index is 252. The fourth-order valence-corrected chi connectivity index (χ4v) is 1.75. The van der Waals surface area contributed by atoms with Crippen LogP contribution in [0.2, 0.25) is 0 Å². The van der Waals surface area contributed by atoms with Crippen molar-refractivity contribution in [2.24, 2.45) is 0 Å². The number of carbonyl (C=O) groups excluding carboxylic acids is 1. The van der Waals surface area contributed by atoms with E-state index in [1.165, 1.54) is 0 Å². The Morgan fingerprint density at radius 1 is 1.29 bits per heavy atom. The summed E-state index contributed by atoms with van der Waals surface area (Å²) in [4.78, 5) is 10.8. The Morgan fingerprint density at radius 2 is 1.82 bits per heavy atom. The van der Waals surface area contributed by atoms with Gasteiger partial charge in [0.15, 0.2) is 11.3 Å². The molecule has 102 valence electrons. The molecule has 0 N–H and O–H groups in total. The molecular weight excluding hydrogens is 263 g/mol. The minimum absolute atomic E-state index is 0.00502. The van der Waals surface area contributed by atoms with E-state index in [0.29, 0.717) is 6.42 Å². The molecule has 0 amide bonds. The third-order valence-electron chi connectivity index (χ3n) is 2.13. The van der Waals surface area contributed by atoms with Crippen LogP contribution in [-0.4, -0.2) is 28.9 Å². The van der Waals surface area contributed by atoms with Gasteiger partial charge in [-0.3, -0.25) is 4.79 Å². The molecule has 0 saturated carbocycles. The SMILES string of the molecule is CCC(=O)SCCCC(F)C(F)(F)C(C)(F)F. The van der Waals surface area contributed by atoms with E-state index in [0.717, 1.165) is 11.8 Å². The monoisotopic (exact) mass is 278 g/mol. The van der Waals surface area contributed by atoms with Crippen LogP contribution in [0, 0.1) is 0 Å². The lowest BCUT2D eigenvalue weighted by Gasteiger charge is -2.26. The van der Waals surface area contributed by atoms with Gasteiger partial charge in [0.1, 0.15) is 0 Å². The van der Waals surface area contributed by atoms with Crippen molar-refractivity contribution in [1.82, 2.24) is 0 Å². The van der Waals surface area contributed by atoms with Gasteiger partial charge in [0.05, 0.1) is 0 Å². The summed E-state index contributed by atoms with van der Waals surface area (Å²) < 4.78 is 63.3. The van der Waals surface area contributed by atoms with Gasteiger partial charge in [0.2, 0.25) is 0 Å². The van der Waals surface area contributed by atoms with Crippen molar-refractivity contribution < 1.29 is 26.7 Å². The Balaban J connectivity index is 4.02. The summed E-state index contributed by atoms with van der Waals surface area (Å²) in [5, 5.41) is -0.131. The second kappa shape index (κ2) is 6.56. The fourth-order valence-electron chi connectivity index (χ4n) is 1.01. The molecule has 0 fully saturated rings. The number of alkyl halides is 5. The largest absolute Gasteiger partial charge is 0.340 e. The van der Waals surface area contributed by atoms with E-state index in [9.17, 15) is 26.7 Å². The molecule has 0 spiro atoms. The third kappa shape index (κ3) is 5.23. The average Bonchev–Trinajstić information content (AvgIpc) is 2.21. The molecule has 17 heavy (non-hydrogen) atoms. The highest BCUT2D eigenvalue weighted by Gasteiger charge is 2.58. The summed E-state index contributed by atoms with van der Waals surface area (Å²) >= 11 is 0.899. The normalized spacial score (nSPS) is 14.8. The van der Waals surface area contributed by atoms with E-state index >= 15 is 0 Å². The first-order chi connectivity index (χ1) is 7.63. The van der Waals surface area contributed by atoms with Crippen molar-refractivity contribution in [3.05, 3.63) is 0 Å². The molecule has 0 radical (unpaired) electrons. The molecular formula is C10H15F5OS. The first kappa shape index (κ1) is 16.7. The summed E-state index contributed by atoms with van der Waals surface area (Å²) in [7, 11) is 0. The van der Waals surface area contributed by atoms with E-state index in [4.69, 9.17) is 0 Å². The lowest BCUT2D eigenvalue weighted by Crippen LogP contribution is -2.45. The van der Waals surface area contributed by atoms with Crippen molar-refractivity contribution in [3.8, 4) is 0 Å². The van der Waals surface area contributed by atoms with Gasteiger partial charge in [0.25, 0.3) is 0 Å². The molecule has 0 aliphatic carbocycles. The van der Waals surface area contributed by atoms with Crippen LogP contribution in [-0.2, 0) is 4.79 Å². The molecule has 1 unspecified atom stereocenters. The van der Waals surface area contributed by atoms with Crippen LogP contribution in [0.3, 0.4) is 0 Å². The van der Waals surface area contributed by atoms with Crippen LogP contribution >= 0.6 is 11.8 Å². The second-order valence-corrected chi connectivity index (χ2v) is 4.85. The molecule has 7 heteroatoms. The Labute approximate surface area is 101 Å². The van der Waals surface area contributed by atoms with Gasteiger partial charge in [-0.15, -0.1) is 0 Å². The van der Waals surface area contributed by atoms with Crippen LogP contribution in [0.5, 0.6) is 0 Å². The standard InChI is InChI=1S/C10H15F5OS/c1-3-8(16)17-6-4-5-7(11)10(14,15)9(2,12)13/h7H,3-6H2,1-2H3. The molecule has 1 atom stereocenters. The zero-order valence-electron chi connectivity index (χ0n) is 9.61. The van der Waals surface area contributed by atoms with Gasteiger partial charge in [-0.25, -0.2) is 13.2 Å². The maximum absolute atomic E-state index is 13.0. The summed E-state index contributed by atoms with van der Waals surface area (Å²) in [5.41, 5.74) is 0. The van der Waals surface area contributed by atoms with Crippen LogP contribution < -0.4 is 0 Å². The molecule has 1 nitrogen and oxygen atoms in total. The molecule has 0 aromatic heterocycles. The zero-order valence-corrected chi connectivity index (χ0v) is 10.4. The fraction of sp³-hybridized carbons (Fsp3) is 0.900. The Morgan fingerprint density at radius 3 is 2.24 bits per heavy atom. The van der Waals surface area contributed by atoms with Gasteiger partial charge < -0.3 is 0 Å². The van der Waals surface area contributed by atoms with Crippen molar-refractivity contribution in [2.45, 2.75) is 51.1 Å². The van der Waals surface area contributed by atoms with Crippen molar-refractivity contribution in [1.29, 1.82) is 0 Å². The van der Waals surface area contributed by atoms with Crippen LogP contribution in [0.1, 0.15) is 33.1 Å². The van der Waals surface area contributed by atoms with Gasteiger partial charge in [-0.2, -0.15) is 8.78 Å². The van der Waals surface area contributed by atoms with Crippen LogP contribution in [0.4, 0.5) is 22.0 Å². The van der Waals surface area contributed by atoms with Gasteiger partial charge >= 0.3 is 11.8 Å². The average molecular weight is 278 g/mol. The number of hydrogen-bond acceptors (Lipinski definition) is 2. The van der Waals surface area contributed by atoms with Crippen molar-refractivity contribution >= 4 is 16.9 Å². The van der Waals surface area contributed by atoms with E-state index in [1.54, 1.807) is 6.92 Å². The van der Waals surface area contributed by atoms with Crippen molar-refractivity contribution in [3.63, 3.8) is 0 Å². The summed E-state index contributed by atoms with van der Waals surface area (Å²) in [6.07, 6.45) is -3.31. The topological polar surface area (TPSA) is 17.1 Å². The predicted molar refractivity (Wildman–Crippen MR) is 57.5 cm³/mol. The first-order valence-electron chi connectivity index (χ1n) is 5.18. The molecule has 0 bridgehead atoms. The number of carbonyl (C=O) groups is 1. The minimum atomic E-state index is -4.66. The van der Waals surface area contributed by atoms with E-state index in [-0.39, 0.29) is 24.2 Å². The molecule has 0 aromatic carbocycles. The highest BCUT2D eigenvalue weighted by atomic mass is 32.2. The minimum Gasteiger partial charge on any atom is -0.287 e. The number of hydrogen-bond donors (Lipinski definition) is 0. The molecule has 0 aliphatic rings. The maximum Gasteiger partial charge on any atom is 0.340 e. The molecule has 0 aliphatic heterocycles. The second-order valence-electron chi connectivity index (χ2n) is 3.70. The quantitative estimate of drug-likeness (QED) is 0.516. The summed E-state index contributed by atoms with van der Waals surface area (Å²) in [6.45, 7) is 1.63. The lowest BCUT2D eigenvalue weighted by atomic mass is 10.0. The van der Waals surface area contributed by atoms with E-state index < -0.39 is 24.4 Å². The molecule has 0 rings (SSSR count). The van der Waals surface area contributed by atoms with E-state index in [1.807, 2.05) is 0 Å². The maximum atomic E-state index is 13.0.